The van der Waals surface area contributed by atoms with Crippen molar-refractivity contribution in [3.63, 3.8) is 0 Å². The number of phenolic OH excluding ortho intramolecular Hbond substituents is 1. The number of benzene rings is 2. The van der Waals surface area contributed by atoms with E-state index in [1.54, 1.807) is 12.1 Å². The lowest BCUT2D eigenvalue weighted by molar-refractivity contribution is -0.137. The van der Waals surface area contributed by atoms with Crippen LogP contribution in [-0.2, 0) is 11.0 Å². The zero-order valence-electron chi connectivity index (χ0n) is 14.1. The Morgan fingerprint density at radius 2 is 1.82 bits per heavy atom. The number of alkyl halides is 3. The van der Waals surface area contributed by atoms with Crippen molar-refractivity contribution in [3.05, 3.63) is 61.4 Å². The van der Waals surface area contributed by atoms with Crippen molar-refractivity contribution in [1.82, 2.24) is 0 Å². The average molecular weight is 555 g/mol. The lowest BCUT2D eigenvalue weighted by Gasteiger charge is -2.20. The molecule has 0 aliphatic carbocycles. The van der Waals surface area contributed by atoms with E-state index in [1.165, 1.54) is 30.0 Å². The Balaban J connectivity index is 2.41. The van der Waals surface area contributed by atoms with Crippen LogP contribution in [0.25, 0.3) is 6.08 Å². The van der Waals surface area contributed by atoms with Crippen LogP contribution >= 0.6 is 55.8 Å². The first kappa shape index (κ1) is 22.9. The fourth-order valence-corrected chi connectivity index (χ4v) is 4.27. The molecule has 1 N–H and O–H groups in total. The maximum Gasteiger partial charge on any atom is 0.416 e. The number of thiocarbonyl (C=S) groups is 1. The minimum absolute atomic E-state index is 0.00796. The van der Waals surface area contributed by atoms with E-state index in [1.807, 2.05) is 0 Å². The number of phenols is 1. The highest BCUT2D eigenvalue weighted by Gasteiger charge is 2.31. The number of aromatic hydroxyl groups is 1. The Labute approximate surface area is 185 Å². The number of carbonyl (C=O) groups excluding carboxylic acids is 1. The molecule has 0 atom stereocenters. The fraction of sp³-hybridized carbons (Fsp3) is 0.111. The van der Waals surface area contributed by atoms with Gasteiger partial charge in [-0.1, -0.05) is 30.0 Å². The summed E-state index contributed by atoms with van der Waals surface area (Å²) < 4.78 is 40.9. The highest BCUT2D eigenvalue weighted by Crippen LogP contribution is 2.35. The molecule has 2 rings (SSSR count). The van der Waals surface area contributed by atoms with E-state index in [2.05, 4.69) is 31.9 Å². The van der Waals surface area contributed by atoms with Gasteiger partial charge in [-0.05, 0) is 73.8 Å². The van der Waals surface area contributed by atoms with Crippen LogP contribution in [0.15, 0.2) is 50.2 Å². The third-order valence-electron chi connectivity index (χ3n) is 3.59. The standard InChI is InChI=1S/C18H12Br2F3NO2S2/c1-24(12-4-2-3-11(8-12)18(21,22)23)17(26)15(28-9-27)7-10-5-13(19)16(25)14(20)6-10/h2-9,25H,1H3/b15-7-. The normalized spacial score (nSPS) is 12.0. The van der Waals surface area contributed by atoms with E-state index in [-0.39, 0.29) is 16.3 Å². The topological polar surface area (TPSA) is 40.5 Å². The molecule has 2 aromatic rings. The zero-order valence-corrected chi connectivity index (χ0v) is 18.9. The number of carbonyl (C=O) groups is 1. The molecule has 148 valence electrons. The van der Waals surface area contributed by atoms with Gasteiger partial charge in [-0.15, -0.1) is 0 Å². The predicted octanol–water partition coefficient (Wildman–Crippen LogP) is 6.63. The van der Waals surface area contributed by atoms with Gasteiger partial charge >= 0.3 is 6.18 Å². The van der Waals surface area contributed by atoms with Gasteiger partial charge in [0.2, 0.25) is 0 Å². The SMILES string of the molecule is CN(C(=O)/C(=C/c1cc(Br)c(O)c(Br)c1)SC=S)c1cccc(C(F)(F)F)c1. The number of halogens is 5. The third-order valence-corrected chi connectivity index (χ3v) is 5.73. The van der Waals surface area contributed by atoms with Crippen LogP contribution in [0.4, 0.5) is 18.9 Å². The van der Waals surface area contributed by atoms with E-state index in [4.69, 9.17) is 12.2 Å². The fourth-order valence-electron chi connectivity index (χ4n) is 2.19. The molecular weight excluding hydrogens is 543 g/mol. The zero-order chi connectivity index (χ0) is 21.1. The molecule has 10 heteroatoms. The number of hydrogen-bond acceptors (Lipinski definition) is 4. The number of nitrogens with zero attached hydrogens (tertiary/aromatic N) is 1. The molecular formula is C18H12Br2F3NO2S2. The summed E-state index contributed by atoms with van der Waals surface area (Å²) in [6.45, 7) is 0. The summed E-state index contributed by atoms with van der Waals surface area (Å²) in [4.78, 5) is 14.2. The second-order valence-electron chi connectivity index (χ2n) is 5.47. The molecule has 0 fully saturated rings. The lowest BCUT2D eigenvalue weighted by Crippen LogP contribution is -2.27. The number of rotatable bonds is 5. The van der Waals surface area contributed by atoms with Crippen LogP contribution in [0.5, 0.6) is 5.75 Å². The maximum absolute atomic E-state index is 12.9. The van der Waals surface area contributed by atoms with Crippen LogP contribution < -0.4 is 4.90 Å². The van der Waals surface area contributed by atoms with Gasteiger partial charge in [0.25, 0.3) is 5.91 Å². The highest BCUT2D eigenvalue weighted by molar-refractivity contribution is 9.11. The Bertz CT molecular complexity index is 926. The van der Waals surface area contributed by atoms with Crippen molar-refractivity contribution in [2.45, 2.75) is 6.18 Å². The van der Waals surface area contributed by atoms with Crippen LogP contribution in [0, 0.1) is 0 Å². The van der Waals surface area contributed by atoms with Gasteiger partial charge in [-0.2, -0.15) is 13.2 Å². The summed E-state index contributed by atoms with van der Waals surface area (Å²) in [5, 5.41) is 9.80. The highest BCUT2D eigenvalue weighted by atomic mass is 79.9. The van der Waals surface area contributed by atoms with E-state index in [0.717, 1.165) is 28.8 Å². The second-order valence-corrected chi connectivity index (χ2v) is 8.62. The predicted molar refractivity (Wildman–Crippen MR) is 118 cm³/mol. The summed E-state index contributed by atoms with van der Waals surface area (Å²) in [6, 6.07) is 7.71. The monoisotopic (exact) mass is 553 g/mol. The number of thioether (sulfide) groups is 1. The van der Waals surface area contributed by atoms with Gasteiger partial charge in [0, 0.05) is 17.4 Å². The van der Waals surface area contributed by atoms with E-state index in [9.17, 15) is 23.1 Å². The number of amides is 1. The van der Waals surface area contributed by atoms with Gasteiger partial charge in [0.15, 0.2) is 0 Å². The first-order chi connectivity index (χ1) is 13.0. The number of anilines is 1. The minimum Gasteiger partial charge on any atom is -0.506 e. The van der Waals surface area contributed by atoms with E-state index < -0.39 is 17.6 Å². The minimum atomic E-state index is -4.51. The molecule has 0 heterocycles. The molecule has 0 spiro atoms. The molecule has 0 saturated heterocycles. The molecule has 0 radical (unpaired) electrons. The molecule has 0 aliphatic heterocycles. The molecule has 3 nitrogen and oxygen atoms in total. The Morgan fingerprint density at radius 1 is 1.21 bits per heavy atom. The largest absolute Gasteiger partial charge is 0.506 e. The Morgan fingerprint density at radius 3 is 2.36 bits per heavy atom. The second kappa shape index (κ2) is 9.43. The number of likely N-dealkylation sites (N-methyl/N-ethyl adjacent to an activating group) is 1. The summed E-state index contributed by atoms with van der Waals surface area (Å²) in [5.41, 5.74) is -0.158. The van der Waals surface area contributed by atoms with Crippen molar-refractivity contribution < 1.29 is 23.1 Å². The molecule has 0 unspecified atom stereocenters. The molecule has 1 amide bonds. The van der Waals surface area contributed by atoms with Crippen LogP contribution in [0.3, 0.4) is 0 Å². The van der Waals surface area contributed by atoms with Gasteiger partial charge < -0.3 is 10.0 Å². The van der Waals surface area contributed by atoms with Crippen molar-refractivity contribution in [2.24, 2.45) is 0 Å². The summed E-state index contributed by atoms with van der Waals surface area (Å²) in [6.07, 6.45) is -2.97. The molecule has 0 bridgehead atoms. The van der Waals surface area contributed by atoms with Gasteiger partial charge in [0.1, 0.15) is 5.75 Å². The molecule has 28 heavy (non-hydrogen) atoms. The average Bonchev–Trinajstić information content (AvgIpc) is 2.64. The third kappa shape index (κ3) is 5.59. The summed E-state index contributed by atoms with van der Waals surface area (Å²) >= 11 is 12.2. The Kier molecular flexibility index (Phi) is 7.72. The van der Waals surface area contributed by atoms with Crippen LogP contribution in [-0.4, -0.2) is 22.8 Å². The van der Waals surface area contributed by atoms with Crippen molar-refractivity contribution >= 4 is 78.2 Å². The maximum atomic E-state index is 12.9. The van der Waals surface area contributed by atoms with Gasteiger partial charge in [0.05, 0.1) is 19.4 Å². The smallest absolute Gasteiger partial charge is 0.416 e. The quantitative estimate of drug-likeness (QED) is 0.332. The Hall–Kier alpha value is -1.36. The van der Waals surface area contributed by atoms with Crippen molar-refractivity contribution in [3.8, 4) is 5.75 Å². The van der Waals surface area contributed by atoms with Gasteiger partial charge in [-0.25, -0.2) is 0 Å². The van der Waals surface area contributed by atoms with Crippen molar-refractivity contribution in [1.29, 1.82) is 0 Å². The van der Waals surface area contributed by atoms with Crippen molar-refractivity contribution in [2.75, 3.05) is 11.9 Å². The molecule has 0 aromatic heterocycles. The van der Waals surface area contributed by atoms with E-state index >= 15 is 0 Å². The molecule has 0 saturated carbocycles. The van der Waals surface area contributed by atoms with Gasteiger partial charge in [-0.3, -0.25) is 4.79 Å². The first-order valence-corrected chi connectivity index (χ1v) is 10.4. The first-order valence-electron chi connectivity index (χ1n) is 7.50. The number of hydrogen-bond donors (Lipinski definition) is 1. The lowest BCUT2D eigenvalue weighted by atomic mass is 10.1. The molecule has 2 aromatic carbocycles. The van der Waals surface area contributed by atoms with Crippen LogP contribution in [0.1, 0.15) is 11.1 Å². The summed E-state index contributed by atoms with van der Waals surface area (Å²) in [7, 11) is 1.39. The summed E-state index contributed by atoms with van der Waals surface area (Å²) in [5.74, 6) is -0.515. The van der Waals surface area contributed by atoms with Crippen LogP contribution in [0.2, 0.25) is 0 Å². The molecule has 0 aliphatic rings. The van der Waals surface area contributed by atoms with E-state index in [0.29, 0.717) is 14.5 Å².